The number of pyridine rings is 1. The summed E-state index contributed by atoms with van der Waals surface area (Å²) in [6.07, 6.45) is 1.54. The second kappa shape index (κ2) is 11.5. The summed E-state index contributed by atoms with van der Waals surface area (Å²) in [7, 11) is 3.10. The van der Waals surface area contributed by atoms with E-state index in [2.05, 4.69) is 17.1 Å². The molecule has 0 saturated heterocycles. The zero-order valence-electron chi connectivity index (χ0n) is 21.5. The summed E-state index contributed by atoms with van der Waals surface area (Å²) in [4.78, 5) is 28.6. The zero-order chi connectivity index (χ0) is 25.7. The second-order valence-electron chi connectivity index (χ2n) is 9.29. The molecule has 8 nitrogen and oxygen atoms in total. The van der Waals surface area contributed by atoms with Gasteiger partial charge in [0.15, 0.2) is 0 Å². The number of nitrogens with zero attached hydrogens (tertiary/aromatic N) is 2. The van der Waals surface area contributed by atoms with Gasteiger partial charge in [-0.3, -0.25) is 9.59 Å². The maximum atomic E-state index is 13.3. The molecule has 1 N–H and O–H groups in total. The molecule has 0 radical (unpaired) electrons. The van der Waals surface area contributed by atoms with E-state index in [0.717, 1.165) is 54.6 Å². The minimum absolute atomic E-state index is 0.146. The maximum absolute atomic E-state index is 13.3. The smallest absolute Gasteiger partial charge is 0.257 e. The van der Waals surface area contributed by atoms with E-state index in [4.69, 9.17) is 13.9 Å². The van der Waals surface area contributed by atoms with E-state index >= 15 is 0 Å². The van der Waals surface area contributed by atoms with Crippen molar-refractivity contribution in [3.05, 3.63) is 81.2 Å². The molecule has 1 amide bonds. The van der Waals surface area contributed by atoms with Crippen molar-refractivity contribution in [2.45, 2.75) is 45.7 Å². The van der Waals surface area contributed by atoms with Crippen LogP contribution in [0.1, 0.15) is 52.4 Å². The van der Waals surface area contributed by atoms with Gasteiger partial charge in [-0.15, -0.1) is 0 Å². The van der Waals surface area contributed by atoms with Gasteiger partial charge in [-0.05, 0) is 49.7 Å². The Hall–Kier alpha value is -3.52. The van der Waals surface area contributed by atoms with Crippen LogP contribution in [0.2, 0.25) is 0 Å². The van der Waals surface area contributed by atoms with E-state index in [1.54, 1.807) is 11.7 Å². The minimum atomic E-state index is -0.256. The third-order valence-electron chi connectivity index (χ3n) is 6.85. The van der Waals surface area contributed by atoms with Crippen molar-refractivity contribution in [2.75, 3.05) is 33.9 Å². The van der Waals surface area contributed by atoms with Crippen LogP contribution in [0.25, 0.3) is 0 Å². The van der Waals surface area contributed by atoms with Crippen molar-refractivity contribution < 1.29 is 18.7 Å². The molecule has 0 aliphatic carbocycles. The van der Waals surface area contributed by atoms with Gasteiger partial charge in [-0.25, -0.2) is 0 Å². The third kappa shape index (κ3) is 5.82. The largest absolute Gasteiger partial charge is 0.497 e. The highest BCUT2D eigenvalue weighted by Gasteiger charge is 2.25. The molecule has 3 aromatic rings. The fourth-order valence-corrected chi connectivity index (χ4v) is 4.71. The highest BCUT2D eigenvalue weighted by atomic mass is 16.5. The average molecular weight is 494 g/mol. The summed E-state index contributed by atoms with van der Waals surface area (Å²) in [6, 6.07) is 13.0. The van der Waals surface area contributed by atoms with Crippen LogP contribution in [0.5, 0.6) is 11.5 Å². The Balaban J connectivity index is 1.48. The molecule has 1 unspecified atom stereocenters. The molecule has 192 valence electrons. The molecule has 0 saturated carbocycles. The molecular weight excluding hydrogens is 458 g/mol. The molecular formula is C28H35N3O5. The average Bonchev–Trinajstić information content (AvgIpc) is 3.21. The molecule has 0 bridgehead atoms. The summed E-state index contributed by atoms with van der Waals surface area (Å²) in [5, 5.41) is 2.99. The topological polar surface area (TPSA) is 85.9 Å². The summed E-state index contributed by atoms with van der Waals surface area (Å²) in [5.41, 5.74) is 1.93. The Morgan fingerprint density at radius 1 is 1.11 bits per heavy atom. The van der Waals surface area contributed by atoms with Gasteiger partial charge in [-0.2, -0.15) is 0 Å². The molecule has 8 heteroatoms. The van der Waals surface area contributed by atoms with Gasteiger partial charge in [0, 0.05) is 50.3 Å². The third-order valence-corrected chi connectivity index (χ3v) is 6.85. The number of ether oxygens (including phenoxy) is 2. The van der Waals surface area contributed by atoms with E-state index in [0.29, 0.717) is 36.7 Å². The quantitative estimate of drug-likeness (QED) is 0.489. The Morgan fingerprint density at radius 3 is 2.67 bits per heavy atom. The molecule has 1 aliphatic heterocycles. The summed E-state index contributed by atoms with van der Waals surface area (Å²) >= 11 is 0. The lowest BCUT2D eigenvalue weighted by Crippen LogP contribution is -2.31. The van der Waals surface area contributed by atoms with Crippen LogP contribution in [0.4, 0.5) is 0 Å². The molecule has 1 aromatic carbocycles. The van der Waals surface area contributed by atoms with Crippen LogP contribution < -0.4 is 20.3 Å². The predicted octanol–water partition coefficient (Wildman–Crippen LogP) is 3.75. The molecule has 2 aromatic heterocycles. The van der Waals surface area contributed by atoms with Gasteiger partial charge in [0.2, 0.25) is 0 Å². The van der Waals surface area contributed by atoms with Crippen molar-refractivity contribution in [3.63, 3.8) is 0 Å². The lowest BCUT2D eigenvalue weighted by Gasteiger charge is -2.21. The monoisotopic (exact) mass is 493 g/mol. The first-order valence-electron chi connectivity index (χ1n) is 12.4. The Bertz CT molecular complexity index is 1260. The highest BCUT2D eigenvalue weighted by molar-refractivity contribution is 5.98. The van der Waals surface area contributed by atoms with Gasteiger partial charge in [-0.1, -0.05) is 19.1 Å². The number of furan rings is 1. The predicted molar refractivity (Wildman–Crippen MR) is 138 cm³/mol. The van der Waals surface area contributed by atoms with Crippen molar-refractivity contribution >= 4 is 5.91 Å². The SMILES string of the molecule is COc1cccc(CNC(=O)c2c(OC)cc(=O)n3c2CCN(CCC(C)c2ccc(C)o2)CC3)c1. The Kier molecular flexibility index (Phi) is 8.15. The number of fused-ring (bicyclic) bond motifs is 1. The molecule has 36 heavy (non-hydrogen) atoms. The first-order valence-corrected chi connectivity index (χ1v) is 12.4. The first kappa shape index (κ1) is 25.6. The number of benzene rings is 1. The van der Waals surface area contributed by atoms with E-state index < -0.39 is 0 Å². The number of rotatable bonds is 9. The Morgan fingerprint density at radius 2 is 1.94 bits per heavy atom. The van der Waals surface area contributed by atoms with E-state index in [-0.39, 0.29) is 11.5 Å². The number of aryl methyl sites for hydroxylation is 1. The van der Waals surface area contributed by atoms with Gasteiger partial charge < -0.3 is 28.7 Å². The molecule has 4 rings (SSSR count). The van der Waals surface area contributed by atoms with Gasteiger partial charge in [0.05, 0.1) is 14.2 Å². The fourth-order valence-electron chi connectivity index (χ4n) is 4.71. The maximum Gasteiger partial charge on any atom is 0.257 e. The lowest BCUT2D eigenvalue weighted by atomic mass is 10.0. The highest BCUT2D eigenvalue weighted by Crippen LogP contribution is 2.25. The normalized spacial score (nSPS) is 14.6. The van der Waals surface area contributed by atoms with Crippen molar-refractivity contribution in [1.29, 1.82) is 0 Å². The van der Waals surface area contributed by atoms with Gasteiger partial charge >= 0.3 is 0 Å². The first-order chi connectivity index (χ1) is 17.4. The number of amides is 1. The summed E-state index contributed by atoms with van der Waals surface area (Å²) in [5.74, 6) is 3.02. The van der Waals surface area contributed by atoms with Crippen LogP contribution in [0, 0.1) is 6.92 Å². The molecule has 1 aliphatic rings. The van der Waals surface area contributed by atoms with Crippen LogP contribution in [-0.4, -0.2) is 49.2 Å². The van der Waals surface area contributed by atoms with E-state index in [1.807, 2.05) is 43.3 Å². The molecule has 3 heterocycles. The molecule has 1 atom stereocenters. The number of nitrogens with one attached hydrogen (secondary N) is 1. The van der Waals surface area contributed by atoms with Crippen LogP contribution >= 0.6 is 0 Å². The van der Waals surface area contributed by atoms with E-state index in [1.165, 1.54) is 13.2 Å². The molecule has 0 spiro atoms. The van der Waals surface area contributed by atoms with Crippen molar-refractivity contribution in [3.8, 4) is 11.5 Å². The minimum Gasteiger partial charge on any atom is -0.497 e. The van der Waals surface area contributed by atoms with Crippen molar-refractivity contribution in [1.82, 2.24) is 14.8 Å². The van der Waals surface area contributed by atoms with Crippen LogP contribution in [0.15, 0.2) is 51.7 Å². The second-order valence-corrected chi connectivity index (χ2v) is 9.29. The van der Waals surface area contributed by atoms with Gasteiger partial charge in [0.25, 0.3) is 11.5 Å². The summed E-state index contributed by atoms with van der Waals surface area (Å²) in [6.45, 7) is 7.39. The number of methoxy groups -OCH3 is 2. The van der Waals surface area contributed by atoms with Crippen LogP contribution in [-0.2, 0) is 19.5 Å². The number of hydrogen-bond acceptors (Lipinski definition) is 6. The van der Waals surface area contributed by atoms with Crippen LogP contribution in [0.3, 0.4) is 0 Å². The number of carbonyl (C=O) groups excluding carboxylic acids is 1. The zero-order valence-corrected chi connectivity index (χ0v) is 21.5. The standard InChI is InChI=1S/C28H35N3O5/c1-19(24-9-8-20(2)36-24)10-12-30-13-11-23-27(25(35-4)17-26(32)31(23)15-14-30)28(33)29-18-21-6-5-7-22(16-21)34-3/h5-9,16-17,19H,10-15,18H2,1-4H3,(H,29,33). The van der Waals surface area contributed by atoms with E-state index in [9.17, 15) is 9.59 Å². The lowest BCUT2D eigenvalue weighted by molar-refractivity contribution is 0.0945. The van der Waals surface area contributed by atoms with Crippen molar-refractivity contribution in [2.24, 2.45) is 0 Å². The Labute approximate surface area is 211 Å². The number of hydrogen-bond donors (Lipinski definition) is 1. The molecule has 0 fully saturated rings. The fraction of sp³-hybridized carbons (Fsp3) is 0.429. The number of carbonyl (C=O) groups is 1. The van der Waals surface area contributed by atoms with Gasteiger partial charge in [0.1, 0.15) is 28.6 Å². The summed E-state index contributed by atoms with van der Waals surface area (Å²) < 4.78 is 18.3. The number of aromatic nitrogens is 1.